The number of hydrogen-bond donors (Lipinski definition) is 2. The van der Waals surface area contributed by atoms with Crippen LogP contribution in [0.2, 0.25) is 0 Å². The van der Waals surface area contributed by atoms with Crippen LogP contribution in [0.15, 0.2) is 47.4 Å². The van der Waals surface area contributed by atoms with Crippen molar-refractivity contribution in [3.63, 3.8) is 0 Å². The van der Waals surface area contributed by atoms with E-state index in [9.17, 15) is 9.59 Å². The minimum atomic E-state index is -0.260. The van der Waals surface area contributed by atoms with Crippen LogP contribution in [-0.4, -0.2) is 27.2 Å². The Morgan fingerprint density at radius 3 is 2.75 bits per heavy atom. The van der Waals surface area contributed by atoms with Crippen molar-refractivity contribution in [1.29, 1.82) is 0 Å². The Bertz CT molecular complexity index is 1040. The first kappa shape index (κ1) is 18.2. The van der Waals surface area contributed by atoms with Crippen molar-refractivity contribution >= 4 is 16.7 Å². The highest BCUT2D eigenvalue weighted by atomic mass is 16.5. The van der Waals surface area contributed by atoms with E-state index in [1.165, 1.54) is 12.8 Å². The summed E-state index contributed by atoms with van der Waals surface area (Å²) in [6.45, 7) is 0.329. The smallest absolute Gasteiger partial charge is 0.272 e. The standard InChI is InChI=1S/C21H22N4O3/c26-19(12-18-16-9-3-4-10-17(16)20(27)25-24-18)23-13-14-6-5-11-22-21(14)28-15-7-1-2-8-15/h3-6,9-11,15H,1-2,7-8,12-13H2,(H,23,26)(H,25,27). The van der Waals surface area contributed by atoms with Gasteiger partial charge in [0.25, 0.3) is 5.56 Å². The number of carbonyl (C=O) groups is 1. The van der Waals surface area contributed by atoms with Crippen molar-refractivity contribution in [1.82, 2.24) is 20.5 Å². The first-order valence-corrected chi connectivity index (χ1v) is 9.54. The van der Waals surface area contributed by atoms with Crippen LogP contribution >= 0.6 is 0 Å². The van der Waals surface area contributed by atoms with Gasteiger partial charge in [-0.25, -0.2) is 10.1 Å². The van der Waals surface area contributed by atoms with Gasteiger partial charge in [-0.15, -0.1) is 0 Å². The van der Waals surface area contributed by atoms with Crippen LogP contribution in [0.3, 0.4) is 0 Å². The molecule has 2 aromatic heterocycles. The number of amides is 1. The predicted octanol–water partition coefficient (Wildman–Crippen LogP) is 2.50. The van der Waals surface area contributed by atoms with Crippen LogP contribution in [0.5, 0.6) is 5.88 Å². The second-order valence-corrected chi connectivity index (χ2v) is 6.99. The molecular formula is C21H22N4O3. The lowest BCUT2D eigenvalue weighted by atomic mass is 10.1. The topological polar surface area (TPSA) is 97.0 Å². The molecule has 1 fully saturated rings. The number of ether oxygens (including phenoxy) is 1. The molecule has 0 spiro atoms. The van der Waals surface area contributed by atoms with E-state index in [1.807, 2.05) is 18.2 Å². The molecule has 0 unspecified atom stereocenters. The molecule has 2 N–H and O–H groups in total. The van der Waals surface area contributed by atoms with E-state index in [4.69, 9.17) is 4.74 Å². The summed E-state index contributed by atoms with van der Waals surface area (Å²) in [6.07, 6.45) is 6.46. The predicted molar refractivity (Wildman–Crippen MR) is 105 cm³/mol. The van der Waals surface area contributed by atoms with E-state index >= 15 is 0 Å². The highest BCUT2D eigenvalue weighted by molar-refractivity contribution is 5.88. The fourth-order valence-corrected chi connectivity index (χ4v) is 3.54. The van der Waals surface area contributed by atoms with Crippen molar-refractivity contribution in [3.8, 4) is 5.88 Å². The van der Waals surface area contributed by atoms with Crippen LogP contribution in [0.25, 0.3) is 10.8 Å². The first-order valence-electron chi connectivity index (χ1n) is 9.54. The van der Waals surface area contributed by atoms with Gasteiger partial charge in [0, 0.05) is 23.7 Å². The zero-order valence-corrected chi connectivity index (χ0v) is 15.5. The monoisotopic (exact) mass is 378 g/mol. The summed E-state index contributed by atoms with van der Waals surface area (Å²) in [5, 5.41) is 10.6. The van der Waals surface area contributed by atoms with Gasteiger partial charge in [0.1, 0.15) is 6.10 Å². The average molecular weight is 378 g/mol. The largest absolute Gasteiger partial charge is 0.474 e. The maximum atomic E-state index is 12.5. The number of fused-ring (bicyclic) bond motifs is 1. The van der Waals surface area contributed by atoms with E-state index in [-0.39, 0.29) is 24.0 Å². The van der Waals surface area contributed by atoms with E-state index in [0.29, 0.717) is 28.9 Å². The van der Waals surface area contributed by atoms with Crippen LogP contribution in [0.4, 0.5) is 0 Å². The van der Waals surface area contributed by atoms with Gasteiger partial charge in [0.2, 0.25) is 11.8 Å². The number of rotatable bonds is 6. The molecule has 1 aliphatic rings. The Hall–Kier alpha value is -3.22. The number of nitrogens with zero attached hydrogens (tertiary/aromatic N) is 2. The van der Waals surface area contributed by atoms with Crippen molar-refractivity contribution < 1.29 is 9.53 Å². The molecule has 1 saturated carbocycles. The van der Waals surface area contributed by atoms with Crippen LogP contribution in [-0.2, 0) is 17.8 Å². The first-order chi connectivity index (χ1) is 13.7. The van der Waals surface area contributed by atoms with Crippen LogP contribution < -0.4 is 15.6 Å². The average Bonchev–Trinajstić information content (AvgIpc) is 3.23. The number of benzene rings is 1. The second kappa shape index (κ2) is 8.21. The van der Waals surface area contributed by atoms with Crippen LogP contribution in [0.1, 0.15) is 36.9 Å². The van der Waals surface area contributed by atoms with Gasteiger partial charge in [-0.1, -0.05) is 24.3 Å². The van der Waals surface area contributed by atoms with Gasteiger partial charge in [0.15, 0.2) is 0 Å². The Morgan fingerprint density at radius 1 is 1.14 bits per heavy atom. The molecule has 1 amide bonds. The van der Waals surface area contributed by atoms with Gasteiger partial charge < -0.3 is 10.1 Å². The van der Waals surface area contributed by atoms with Gasteiger partial charge in [-0.3, -0.25) is 9.59 Å². The highest BCUT2D eigenvalue weighted by Crippen LogP contribution is 2.25. The van der Waals surface area contributed by atoms with E-state index in [1.54, 1.807) is 24.4 Å². The SMILES string of the molecule is O=C(Cc1n[nH]c(=O)c2ccccc12)NCc1cccnc1OC1CCCC1. The zero-order valence-electron chi connectivity index (χ0n) is 15.5. The van der Waals surface area contributed by atoms with E-state index in [0.717, 1.165) is 18.4 Å². The summed E-state index contributed by atoms with van der Waals surface area (Å²) in [6, 6.07) is 10.9. The van der Waals surface area contributed by atoms with Crippen molar-refractivity contribution in [2.75, 3.05) is 0 Å². The number of aromatic amines is 1. The number of carbonyl (C=O) groups excluding carboxylic acids is 1. The Morgan fingerprint density at radius 2 is 1.93 bits per heavy atom. The molecule has 0 aliphatic heterocycles. The Labute approximate surface area is 162 Å². The minimum absolute atomic E-state index is 0.0797. The van der Waals surface area contributed by atoms with Crippen LogP contribution in [0, 0.1) is 0 Å². The summed E-state index contributed by atoms with van der Waals surface area (Å²) in [5.41, 5.74) is 1.13. The molecular weight excluding hydrogens is 356 g/mol. The molecule has 28 heavy (non-hydrogen) atoms. The maximum Gasteiger partial charge on any atom is 0.272 e. The molecule has 0 bridgehead atoms. The quantitative estimate of drug-likeness (QED) is 0.687. The molecule has 144 valence electrons. The maximum absolute atomic E-state index is 12.5. The number of pyridine rings is 1. The van der Waals surface area contributed by atoms with Gasteiger partial charge in [-0.2, -0.15) is 5.10 Å². The summed E-state index contributed by atoms with van der Waals surface area (Å²) < 4.78 is 6.01. The lowest BCUT2D eigenvalue weighted by Crippen LogP contribution is -2.26. The minimum Gasteiger partial charge on any atom is -0.474 e. The fourth-order valence-electron chi connectivity index (χ4n) is 3.54. The number of aromatic nitrogens is 3. The van der Waals surface area contributed by atoms with Gasteiger partial charge in [-0.05, 0) is 37.8 Å². The molecule has 1 aliphatic carbocycles. The zero-order chi connectivity index (χ0) is 19.3. The molecule has 7 heteroatoms. The summed E-state index contributed by atoms with van der Waals surface area (Å²) in [7, 11) is 0. The molecule has 0 atom stereocenters. The molecule has 0 radical (unpaired) electrons. The molecule has 2 heterocycles. The molecule has 3 aromatic rings. The Balaban J connectivity index is 1.43. The number of hydrogen-bond acceptors (Lipinski definition) is 5. The summed E-state index contributed by atoms with van der Waals surface area (Å²) in [4.78, 5) is 28.7. The third kappa shape index (κ3) is 4.03. The number of nitrogens with one attached hydrogen (secondary N) is 2. The molecule has 7 nitrogen and oxygen atoms in total. The summed E-state index contributed by atoms with van der Waals surface area (Å²) >= 11 is 0. The van der Waals surface area contributed by atoms with E-state index < -0.39 is 0 Å². The number of H-pyrrole nitrogens is 1. The summed E-state index contributed by atoms with van der Waals surface area (Å²) in [5.74, 6) is 0.405. The third-order valence-corrected chi connectivity index (χ3v) is 5.01. The second-order valence-electron chi connectivity index (χ2n) is 6.99. The molecule has 4 rings (SSSR count). The highest BCUT2D eigenvalue weighted by Gasteiger charge is 2.19. The Kier molecular flexibility index (Phi) is 5.32. The van der Waals surface area contributed by atoms with E-state index in [2.05, 4.69) is 20.5 Å². The molecule has 0 saturated heterocycles. The normalized spacial score (nSPS) is 14.3. The van der Waals surface area contributed by atoms with Crippen molar-refractivity contribution in [2.24, 2.45) is 0 Å². The lowest BCUT2D eigenvalue weighted by Gasteiger charge is -2.15. The fraction of sp³-hybridized carbons (Fsp3) is 0.333. The third-order valence-electron chi connectivity index (χ3n) is 5.01. The van der Waals surface area contributed by atoms with Gasteiger partial charge in [0.05, 0.1) is 17.5 Å². The van der Waals surface area contributed by atoms with Gasteiger partial charge >= 0.3 is 0 Å². The lowest BCUT2D eigenvalue weighted by molar-refractivity contribution is -0.120. The van der Waals surface area contributed by atoms with Crippen molar-refractivity contribution in [3.05, 3.63) is 64.2 Å². The van der Waals surface area contributed by atoms with Crippen molar-refractivity contribution in [2.45, 2.75) is 44.8 Å². The molecule has 1 aromatic carbocycles.